The van der Waals surface area contributed by atoms with E-state index in [2.05, 4.69) is 26.6 Å². The normalized spacial score (nSPS) is 11.0. The largest absolute Gasteiger partial charge is 0.347 e. The minimum absolute atomic E-state index is 0.143. The quantitative estimate of drug-likeness (QED) is 0.488. The van der Waals surface area contributed by atoms with Crippen molar-refractivity contribution in [2.24, 2.45) is 0 Å². The highest BCUT2D eigenvalue weighted by atomic mass is 79.9. The second kappa shape index (κ2) is 10.0. The van der Waals surface area contributed by atoms with Gasteiger partial charge >= 0.3 is 0 Å². The highest BCUT2D eigenvalue weighted by Gasteiger charge is 2.16. The van der Waals surface area contributed by atoms with Crippen LogP contribution < -0.4 is 10.6 Å². The molecule has 3 aromatic rings. The van der Waals surface area contributed by atoms with Gasteiger partial charge in [0, 0.05) is 16.0 Å². The number of halogens is 2. The Morgan fingerprint density at radius 1 is 0.897 bits per heavy atom. The lowest BCUT2D eigenvalue weighted by Gasteiger charge is -2.12. The summed E-state index contributed by atoms with van der Waals surface area (Å²) < 4.78 is 0.646. The molecule has 4 nitrogen and oxygen atoms in total. The van der Waals surface area contributed by atoms with Gasteiger partial charge in [-0.3, -0.25) is 9.59 Å². The maximum Gasteiger partial charge on any atom is 0.268 e. The molecule has 3 aromatic carbocycles. The molecule has 2 N–H and O–H groups in total. The van der Waals surface area contributed by atoms with Crippen molar-refractivity contribution in [1.82, 2.24) is 10.6 Å². The van der Waals surface area contributed by atoms with Gasteiger partial charge < -0.3 is 10.6 Å². The fourth-order valence-electron chi connectivity index (χ4n) is 2.59. The molecular weight excluding hydrogens is 452 g/mol. The average molecular weight is 470 g/mol. The van der Waals surface area contributed by atoms with E-state index < -0.39 is 0 Å². The zero-order chi connectivity index (χ0) is 20.6. The molecule has 0 bridgehead atoms. The molecule has 3 rings (SSSR count). The fraction of sp³-hybridized carbons (Fsp3) is 0.0435. The highest BCUT2D eigenvalue weighted by molar-refractivity contribution is 9.10. The maximum atomic E-state index is 12.8. The molecule has 0 saturated heterocycles. The molecule has 0 atom stereocenters. The Bertz CT molecular complexity index is 1030. The van der Waals surface area contributed by atoms with Crippen LogP contribution in [0.5, 0.6) is 0 Å². The molecule has 0 aliphatic rings. The first-order valence-electron chi connectivity index (χ1n) is 8.88. The van der Waals surface area contributed by atoms with Crippen molar-refractivity contribution in [3.63, 3.8) is 0 Å². The van der Waals surface area contributed by atoms with E-state index in [1.807, 2.05) is 36.4 Å². The van der Waals surface area contributed by atoms with Crippen LogP contribution in [-0.2, 0) is 11.3 Å². The number of rotatable bonds is 6. The zero-order valence-corrected chi connectivity index (χ0v) is 17.7. The Morgan fingerprint density at radius 3 is 2.24 bits per heavy atom. The van der Waals surface area contributed by atoms with E-state index in [0.717, 1.165) is 11.1 Å². The van der Waals surface area contributed by atoms with Crippen LogP contribution in [0.1, 0.15) is 21.5 Å². The Labute approximate surface area is 182 Å². The molecule has 2 amide bonds. The number of nitrogens with one attached hydrogen (secondary N) is 2. The van der Waals surface area contributed by atoms with Crippen molar-refractivity contribution >= 4 is 45.4 Å². The van der Waals surface area contributed by atoms with E-state index in [1.54, 1.807) is 48.5 Å². The molecule has 0 spiro atoms. The van der Waals surface area contributed by atoms with Crippen molar-refractivity contribution in [1.29, 1.82) is 0 Å². The van der Waals surface area contributed by atoms with Crippen LogP contribution in [0.4, 0.5) is 0 Å². The third kappa shape index (κ3) is 6.04. The molecule has 0 fully saturated rings. The number of amides is 2. The number of benzene rings is 3. The molecule has 146 valence electrons. The summed E-state index contributed by atoms with van der Waals surface area (Å²) in [4.78, 5) is 25.5. The number of carbonyl (C=O) groups is 2. The maximum absolute atomic E-state index is 12.8. The molecule has 0 saturated carbocycles. The van der Waals surface area contributed by atoms with Crippen LogP contribution in [0.25, 0.3) is 6.08 Å². The van der Waals surface area contributed by atoms with E-state index in [1.165, 1.54) is 0 Å². The summed E-state index contributed by atoms with van der Waals surface area (Å²) in [5, 5.41) is 6.15. The van der Waals surface area contributed by atoms with Gasteiger partial charge in [-0.05, 0) is 57.4 Å². The van der Waals surface area contributed by atoms with E-state index in [4.69, 9.17) is 11.6 Å². The van der Waals surface area contributed by atoms with E-state index >= 15 is 0 Å². The predicted octanol–water partition coefficient (Wildman–Crippen LogP) is 5.19. The van der Waals surface area contributed by atoms with Gasteiger partial charge in [-0.25, -0.2) is 0 Å². The van der Waals surface area contributed by atoms with Gasteiger partial charge in [0.15, 0.2) is 0 Å². The lowest BCUT2D eigenvalue weighted by Crippen LogP contribution is -2.34. The van der Waals surface area contributed by atoms with Gasteiger partial charge in [-0.2, -0.15) is 0 Å². The second-order valence-corrected chi connectivity index (χ2v) is 7.50. The summed E-state index contributed by atoms with van der Waals surface area (Å²) in [6.45, 7) is 0.350. The molecule has 0 aliphatic heterocycles. The van der Waals surface area contributed by atoms with Crippen molar-refractivity contribution < 1.29 is 9.59 Å². The first-order chi connectivity index (χ1) is 14.0. The summed E-state index contributed by atoms with van der Waals surface area (Å²) >= 11 is 9.30. The van der Waals surface area contributed by atoms with Crippen LogP contribution in [0, 0.1) is 0 Å². The molecule has 29 heavy (non-hydrogen) atoms. The smallest absolute Gasteiger partial charge is 0.268 e. The standard InChI is InChI=1S/C23H18BrClN2O2/c24-20-9-5-4-8-19(20)22(28)27-21(14-16-10-12-18(25)13-11-16)23(29)26-15-17-6-2-1-3-7-17/h1-14H,15H2,(H,26,29)(H,27,28)/b21-14-. The third-order valence-electron chi connectivity index (χ3n) is 4.09. The summed E-state index contributed by atoms with van der Waals surface area (Å²) in [7, 11) is 0. The Morgan fingerprint density at radius 2 is 1.55 bits per heavy atom. The van der Waals surface area contributed by atoms with E-state index in [0.29, 0.717) is 21.6 Å². The summed E-state index contributed by atoms with van der Waals surface area (Å²) in [5.74, 6) is -0.767. The third-order valence-corrected chi connectivity index (χ3v) is 5.03. The predicted molar refractivity (Wildman–Crippen MR) is 119 cm³/mol. The van der Waals surface area contributed by atoms with Gasteiger partial charge in [0.1, 0.15) is 5.70 Å². The van der Waals surface area contributed by atoms with Crippen LogP contribution in [0.15, 0.2) is 89.0 Å². The van der Waals surface area contributed by atoms with E-state index in [9.17, 15) is 9.59 Å². The molecule has 0 aromatic heterocycles. The van der Waals surface area contributed by atoms with Gasteiger partial charge in [-0.1, -0.05) is 66.2 Å². The molecule has 6 heteroatoms. The van der Waals surface area contributed by atoms with Gasteiger partial charge in [0.05, 0.1) is 5.56 Å². The fourth-order valence-corrected chi connectivity index (χ4v) is 3.18. The van der Waals surface area contributed by atoms with Crippen molar-refractivity contribution in [3.05, 3.63) is 111 Å². The number of hydrogen-bond donors (Lipinski definition) is 2. The molecule has 0 radical (unpaired) electrons. The Balaban J connectivity index is 1.82. The molecule has 0 aliphatic carbocycles. The molecular formula is C23H18BrClN2O2. The molecule has 0 heterocycles. The first kappa shape index (κ1) is 20.8. The van der Waals surface area contributed by atoms with Crippen molar-refractivity contribution in [2.45, 2.75) is 6.54 Å². The monoisotopic (exact) mass is 468 g/mol. The minimum Gasteiger partial charge on any atom is -0.347 e. The SMILES string of the molecule is O=C(NCc1ccccc1)/C(=C/c1ccc(Cl)cc1)NC(=O)c1ccccc1Br. The van der Waals surface area contributed by atoms with Crippen LogP contribution in [0.2, 0.25) is 5.02 Å². The number of carbonyl (C=O) groups excluding carboxylic acids is 2. The van der Waals surface area contributed by atoms with Gasteiger partial charge in [0.25, 0.3) is 11.8 Å². The summed E-state index contributed by atoms with van der Waals surface area (Å²) in [6.07, 6.45) is 1.62. The van der Waals surface area contributed by atoms with Crippen molar-refractivity contribution in [2.75, 3.05) is 0 Å². The zero-order valence-electron chi connectivity index (χ0n) is 15.4. The lowest BCUT2D eigenvalue weighted by molar-refractivity contribution is -0.117. The van der Waals surface area contributed by atoms with Crippen molar-refractivity contribution in [3.8, 4) is 0 Å². The Hall–Kier alpha value is -2.89. The minimum atomic E-state index is -0.385. The highest BCUT2D eigenvalue weighted by Crippen LogP contribution is 2.17. The first-order valence-corrected chi connectivity index (χ1v) is 10.1. The Kier molecular flexibility index (Phi) is 7.22. The van der Waals surface area contributed by atoms with Gasteiger partial charge in [-0.15, -0.1) is 0 Å². The summed E-state index contributed by atoms with van der Waals surface area (Å²) in [5.41, 5.74) is 2.28. The number of hydrogen-bond acceptors (Lipinski definition) is 2. The lowest BCUT2D eigenvalue weighted by atomic mass is 10.1. The van der Waals surface area contributed by atoms with Crippen LogP contribution in [-0.4, -0.2) is 11.8 Å². The second-order valence-electron chi connectivity index (χ2n) is 6.21. The van der Waals surface area contributed by atoms with Gasteiger partial charge in [0.2, 0.25) is 0 Å². The molecule has 0 unspecified atom stereocenters. The average Bonchev–Trinajstić information content (AvgIpc) is 2.74. The van der Waals surface area contributed by atoms with Crippen LogP contribution in [0.3, 0.4) is 0 Å². The topological polar surface area (TPSA) is 58.2 Å². The van der Waals surface area contributed by atoms with E-state index in [-0.39, 0.29) is 17.5 Å². The summed E-state index contributed by atoms with van der Waals surface area (Å²) in [6, 6.07) is 23.6. The van der Waals surface area contributed by atoms with Crippen LogP contribution >= 0.6 is 27.5 Å².